The van der Waals surface area contributed by atoms with Gasteiger partial charge in [-0.2, -0.15) is 10.2 Å². The zero-order valence-electron chi connectivity index (χ0n) is 32.9. The van der Waals surface area contributed by atoms with E-state index in [1.807, 2.05) is 70.0 Å². The molecule has 16 nitrogen and oxygen atoms in total. The first-order chi connectivity index (χ1) is 29.1. The Morgan fingerprint density at radius 3 is 1.95 bits per heavy atom. The monoisotopic (exact) mass is 807 g/mol. The molecule has 3 aromatic carbocycles. The maximum atomic E-state index is 13.9. The number of aromatic nitrogens is 5. The number of fused-ring (bicyclic) bond motifs is 4. The number of carbonyl (C=O) groups excluding carboxylic acids is 4. The molecule has 3 aromatic heterocycles. The highest BCUT2D eigenvalue weighted by Gasteiger charge is 2.30. The van der Waals surface area contributed by atoms with Gasteiger partial charge in [-0.1, -0.05) is 24.3 Å². The molecular formula is C44H41N9O7. The Morgan fingerprint density at radius 1 is 0.700 bits per heavy atom. The van der Waals surface area contributed by atoms with Crippen LogP contribution >= 0.6 is 0 Å². The molecule has 0 radical (unpaired) electrons. The van der Waals surface area contributed by atoms with E-state index in [-0.39, 0.29) is 43.3 Å². The van der Waals surface area contributed by atoms with Gasteiger partial charge in [0.25, 0.3) is 5.91 Å². The lowest BCUT2D eigenvalue weighted by Crippen LogP contribution is -2.50. The number of ether oxygens (including phenoxy) is 3. The number of pyridine rings is 1. The number of hydrogen-bond donors (Lipinski definition) is 3. The van der Waals surface area contributed by atoms with Crippen LogP contribution in [0, 0.1) is 0 Å². The molecule has 60 heavy (non-hydrogen) atoms. The largest absolute Gasteiger partial charge is 0.487 e. The van der Waals surface area contributed by atoms with Crippen LogP contribution in [-0.2, 0) is 45.4 Å². The minimum Gasteiger partial charge on any atom is -0.487 e. The van der Waals surface area contributed by atoms with E-state index in [9.17, 15) is 19.2 Å². The molecule has 0 spiro atoms. The van der Waals surface area contributed by atoms with Crippen LogP contribution in [0.25, 0.3) is 22.5 Å². The van der Waals surface area contributed by atoms with Gasteiger partial charge >= 0.3 is 0 Å². The van der Waals surface area contributed by atoms with E-state index in [2.05, 4.69) is 20.9 Å². The Labute approximate surface area is 344 Å². The van der Waals surface area contributed by atoms with Gasteiger partial charge in [-0.05, 0) is 48.5 Å². The molecule has 0 bridgehead atoms. The van der Waals surface area contributed by atoms with Crippen LogP contribution < -0.4 is 25.4 Å². The molecule has 3 aliphatic rings. The summed E-state index contributed by atoms with van der Waals surface area (Å²) in [6.45, 7) is 5.46. The van der Waals surface area contributed by atoms with Crippen LogP contribution in [0.2, 0.25) is 0 Å². The number of benzene rings is 3. The van der Waals surface area contributed by atoms with Crippen LogP contribution in [0.5, 0.6) is 11.5 Å². The fraction of sp³-hybridized carbons (Fsp3) is 0.250. The van der Waals surface area contributed by atoms with Crippen LogP contribution in [-0.4, -0.2) is 78.9 Å². The highest BCUT2D eigenvalue weighted by Crippen LogP contribution is 2.32. The number of rotatable bonds is 8. The molecule has 9 rings (SSSR count). The summed E-state index contributed by atoms with van der Waals surface area (Å²) < 4.78 is 21.8. The predicted molar refractivity (Wildman–Crippen MR) is 220 cm³/mol. The highest BCUT2D eigenvalue weighted by atomic mass is 16.5. The number of carbonyl (C=O) groups is 4. The second kappa shape index (κ2) is 16.1. The third-order valence-electron chi connectivity index (χ3n) is 10.6. The first-order valence-electron chi connectivity index (χ1n) is 19.6. The average Bonchev–Trinajstić information content (AvgIpc) is 3.74. The minimum absolute atomic E-state index is 0.0541. The predicted octanol–water partition coefficient (Wildman–Crippen LogP) is 5.48. The van der Waals surface area contributed by atoms with E-state index < -0.39 is 6.04 Å². The Morgan fingerprint density at radius 2 is 1.32 bits per heavy atom. The molecule has 1 atom stereocenters. The fourth-order valence-electron chi connectivity index (χ4n) is 7.63. The maximum absolute atomic E-state index is 13.9. The second-order valence-corrected chi connectivity index (χ2v) is 14.9. The van der Waals surface area contributed by atoms with Gasteiger partial charge in [-0.15, -0.1) is 0 Å². The first kappa shape index (κ1) is 38.2. The Balaban J connectivity index is 0.821. The van der Waals surface area contributed by atoms with E-state index in [1.54, 1.807) is 35.4 Å². The van der Waals surface area contributed by atoms with Crippen molar-refractivity contribution in [1.29, 1.82) is 0 Å². The topological polar surface area (TPSA) is 184 Å². The third-order valence-corrected chi connectivity index (χ3v) is 10.6. The van der Waals surface area contributed by atoms with E-state index in [0.29, 0.717) is 67.1 Å². The lowest BCUT2D eigenvalue weighted by molar-refractivity contribution is -0.118. The van der Waals surface area contributed by atoms with Crippen molar-refractivity contribution in [1.82, 2.24) is 29.4 Å². The summed E-state index contributed by atoms with van der Waals surface area (Å²) in [7, 11) is 0. The molecule has 6 aromatic rings. The smallest absolute Gasteiger partial charge is 0.254 e. The number of morpholine rings is 1. The summed E-state index contributed by atoms with van der Waals surface area (Å²) in [4.78, 5) is 56.2. The van der Waals surface area contributed by atoms with Gasteiger partial charge in [0.05, 0.1) is 55.1 Å². The molecule has 0 aliphatic carbocycles. The first-order valence-corrected chi connectivity index (χ1v) is 19.6. The molecule has 1 saturated heterocycles. The third kappa shape index (κ3) is 8.17. The molecule has 6 heterocycles. The van der Waals surface area contributed by atoms with Gasteiger partial charge < -0.3 is 35.1 Å². The molecule has 4 amide bonds. The molecule has 1 fully saturated rings. The molecular weight excluding hydrogens is 767 g/mol. The van der Waals surface area contributed by atoms with Crippen molar-refractivity contribution in [3.05, 3.63) is 119 Å². The molecule has 304 valence electrons. The quantitative estimate of drug-likeness (QED) is 0.178. The van der Waals surface area contributed by atoms with E-state index in [0.717, 1.165) is 45.0 Å². The summed E-state index contributed by atoms with van der Waals surface area (Å²) in [5.41, 5.74) is 8.56. The number of amides is 4. The minimum atomic E-state index is -0.454. The van der Waals surface area contributed by atoms with Crippen LogP contribution in [0.1, 0.15) is 53.1 Å². The van der Waals surface area contributed by atoms with Crippen molar-refractivity contribution < 1.29 is 33.4 Å². The van der Waals surface area contributed by atoms with Gasteiger partial charge in [0.1, 0.15) is 30.5 Å². The fourth-order valence-corrected chi connectivity index (χ4v) is 7.63. The van der Waals surface area contributed by atoms with E-state index in [1.165, 1.54) is 13.8 Å². The van der Waals surface area contributed by atoms with Crippen molar-refractivity contribution in [2.24, 2.45) is 0 Å². The molecule has 1 unspecified atom stereocenters. The van der Waals surface area contributed by atoms with Crippen molar-refractivity contribution in [2.45, 2.75) is 52.6 Å². The lowest BCUT2D eigenvalue weighted by atomic mass is 10.1. The highest BCUT2D eigenvalue weighted by molar-refractivity contribution is 5.96. The van der Waals surface area contributed by atoms with Gasteiger partial charge in [-0.25, -0.2) is 4.98 Å². The standard InChI is InChI=1S/C44H41N9O7/c1-26(54)46-33-9-7-31-21-52-36(24-59-40(31)16-33)18-38(49-52)28-3-5-29(6-4-28)44(57)51-13-14-58-23-35(51)20-43(56)48-34-10-8-32-22-53-37(25-60-41(32)17-34)19-39(50-53)30-11-12-45-42(15-30)47-27(2)55/h3-12,15-19,35H,13-14,20-25H2,1-2H3,(H,46,54)(H,48,56)(H,45,47,55). The van der Waals surface area contributed by atoms with Gasteiger partial charge in [0.15, 0.2) is 0 Å². The summed E-state index contributed by atoms with van der Waals surface area (Å²) >= 11 is 0. The Kier molecular flexibility index (Phi) is 10.3. The van der Waals surface area contributed by atoms with E-state index >= 15 is 0 Å². The Bertz CT molecular complexity index is 2650. The molecule has 16 heteroatoms. The lowest BCUT2D eigenvalue weighted by Gasteiger charge is -2.35. The second-order valence-electron chi connectivity index (χ2n) is 14.9. The van der Waals surface area contributed by atoms with Crippen molar-refractivity contribution in [3.8, 4) is 34.0 Å². The maximum Gasteiger partial charge on any atom is 0.254 e. The Hall–Kier alpha value is -7.33. The summed E-state index contributed by atoms with van der Waals surface area (Å²) in [6.07, 6.45) is 1.68. The van der Waals surface area contributed by atoms with Gasteiger partial charge in [0, 0.05) is 84.3 Å². The number of hydrogen-bond acceptors (Lipinski definition) is 10. The zero-order valence-corrected chi connectivity index (χ0v) is 32.9. The van der Waals surface area contributed by atoms with Crippen molar-refractivity contribution in [2.75, 3.05) is 35.7 Å². The zero-order chi connectivity index (χ0) is 41.3. The summed E-state index contributed by atoms with van der Waals surface area (Å²) in [5, 5.41) is 18.1. The van der Waals surface area contributed by atoms with Gasteiger partial charge in [-0.3, -0.25) is 28.5 Å². The number of nitrogens with zero attached hydrogens (tertiary/aromatic N) is 6. The number of anilines is 3. The average molecular weight is 808 g/mol. The van der Waals surface area contributed by atoms with Crippen LogP contribution in [0.4, 0.5) is 17.2 Å². The molecule has 3 N–H and O–H groups in total. The van der Waals surface area contributed by atoms with Crippen LogP contribution in [0.15, 0.2) is 91.1 Å². The van der Waals surface area contributed by atoms with Crippen molar-refractivity contribution in [3.63, 3.8) is 0 Å². The SMILES string of the molecule is CC(=O)Nc1ccc2c(c1)OCc1cc(-c3ccc(C(=O)N4CCOCC4CC(=O)Nc4ccc5c(c4)OCc4cc(-c6ccnc(NC(C)=O)c6)nn4C5)cc3)nn1C2. The molecule has 3 aliphatic heterocycles. The summed E-state index contributed by atoms with van der Waals surface area (Å²) in [5.74, 6) is 1.02. The van der Waals surface area contributed by atoms with Gasteiger partial charge in [0.2, 0.25) is 17.7 Å². The molecule has 0 saturated carbocycles. The number of nitrogens with one attached hydrogen (secondary N) is 3. The van der Waals surface area contributed by atoms with E-state index in [4.69, 9.17) is 24.4 Å². The summed E-state index contributed by atoms with van der Waals surface area (Å²) in [6, 6.07) is 25.6. The van der Waals surface area contributed by atoms with Crippen LogP contribution in [0.3, 0.4) is 0 Å². The van der Waals surface area contributed by atoms with Crippen molar-refractivity contribution >= 4 is 40.8 Å². The normalized spacial score (nSPS) is 15.4.